The summed E-state index contributed by atoms with van der Waals surface area (Å²) in [5.74, 6) is 1.37. The quantitative estimate of drug-likeness (QED) is 0.468. The molecule has 0 saturated carbocycles. The summed E-state index contributed by atoms with van der Waals surface area (Å²) in [6, 6.07) is 16.1. The third-order valence-electron chi connectivity index (χ3n) is 7.79. The number of carbonyl (C=O) groups excluding carboxylic acids is 1. The second-order valence-electron chi connectivity index (χ2n) is 10.4. The highest BCUT2D eigenvalue weighted by molar-refractivity contribution is 5.89. The molecule has 2 aromatic rings. The molecule has 1 fully saturated rings. The fraction of sp³-hybridized carbons (Fsp3) is 0.483. The van der Waals surface area contributed by atoms with Crippen LogP contribution >= 0.6 is 0 Å². The Kier molecular flexibility index (Phi) is 6.55. The van der Waals surface area contributed by atoms with Crippen molar-refractivity contribution in [3.8, 4) is 11.5 Å². The molecule has 2 aromatic carbocycles. The monoisotopic (exact) mass is 445 g/mol. The van der Waals surface area contributed by atoms with Crippen molar-refractivity contribution in [2.24, 2.45) is 0 Å². The number of benzene rings is 2. The highest BCUT2D eigenvalue weighted by Gasteiger charge is 2.36. The van der Waals surface area contributed by atoms with Gasteiger partial charge in [-0.3, -0.25) is 4.79 Å². The number of ether oxygens (including phenoxy) is 1. The van der Waals surface area contributed by atoms with Gasteiger partial charge in [-0.25, -0.2) is 0 Å². The van der Waals surface area contributed by atoms with E-state index in [2.05, 4.69) is 18.4 Å². The standard InChI is InChI=1S/C29H36N2O2/c1-31(21-22-11-5-3-2-4-6-12-22)19-17-23(18-20-31)30-29(32)28-24-13-7-9-15-26(24)33-27-16-10-8-14-25(27)28/h7-11,13-16,23,28H,2-6,12,17-21H2,1H3/p+1/b22-11+. The van der Waals surface area contributed by atoms with Crippen molar-refractivity contribution in [3.05, 3.63) is 71.3 Å². The summed E-state index contributed by atoms with van der Waals surface area (Å²) in [4.78, 5) is 13.6. The molecule has 2 heterocycles. The van der Waals surface area contributed by atoms with Gasteiger partial charge >= 0.3 is 0 Å². The van der Waals surface area contributed by atoms with Gasteiger partial charge in [-0.15, -0.1) is 0 Å². The molecule has 1 saturated heterocycles. The average Bonchev–Trinajstić information content (AvgIpc) is 2.81. The summed E-state index contributed by atoms with van der Waals surface area (Å²) < 4.78 is 7.19. The zero-order valence-corrected chi connectivity index (χ0v) is 19.9. The number of allylic oxidation sites excluding steroid dienone is 1. The number of likely N-dealkylation sites (N-methyl/N-ethyl adjacent to an activating group) is 1. The molecule has 0 unspecified atom stereocenters. The molecule has 1 aliphatic carbocycles. The van der Waals surface area contributed by atoms with Gasteiger partial charge in [0.25, 0.3) is 0 Å². The van der Waals surface area contributed by atoms with Crippen LogP contribution in [-0.2, 0) is 4.79 Å². The summed E-state index contributed by atoms with van der Waals surface area (Å²) in [6.45, 7) is 3.44. The second-order valence-corrected chi connectivity index (χ2v) is 10.4. The van der Waals surface area contributed by atoms with E-state index in [4.69, 9.17) is 4.74 Å². The number of carbonyl (C=O) groups is 1. The van der Waals surface area contributed by atoms with E-state index in [1.54, 1.807) is 5.57 Å². The average molecular weight is 446 g/mol. The van der Waals surface area contributed by atoms with Gasteiger partial charge in [0, 0.05) is 30.0 Å². The second kappa shape index (κ2) is 9.72. The first-order chi connectivity index (χ1) is 16.1. The van der Waals surface area contributed by atoms with Gasteiger partial charge < -0.3 is 14.5 Å². The Morgan fingerprint density at radius 1 is 0.939 bits per heavy atom. The Morgan fingerprint density at radius 3 is 2.27 bits per heavy atom. The minimum absolute atomic E-state index is 0.0991. The van der Waals surface area contributed by atoms with Crippen molar-refractivity contribution in [1.82, 2.24) is 5.32 Å². The fourth-order valence-corrected chi connectivity index (χ4v) is 5.86. The van der Waals surface area contributed by atoms with E-state index in [1.165, 1.54) is 45.1 Å². The van der Waals surface area contributed by atoms with Crippen LogP contribution in [0.25, 0.3) is 0 Å². The first-order valence-corrected chi connectivity index (χ1v) is 12.8. The van der Waals surface area contributed by atoms with E-state index < -0.39 is 0 Å². The van der Waals surface area contributed by atoms with Crippen LogP contribution < -0.4 is 10.1 Å². The van der Waals surface area contributed by atoms with Crippen LogP contribution in [0.1, 0.15) is 68.4 Å². The number of hydrogen-bond donors (Lipinski definition) is 1. The Balaban J connectivity index is 1.24. The summed E-state index contributed by atoms with van der Waals surface area (Å²) in [5.41, 5.74) is 3.58. The molecule has 0 radical (unpaired) electrons. The van der Waals surface area contributed by atoms with E-state index >= 15 is 0 Å². The van der Waals surface area contributed by atoms with Crippen LogP contribution in [0.4, 0.5) is 0 Å². The van der Waals surface area contributed by atoms with Crippen molar-refractivity contribution in [1.29, 1.82) is 0 Å². The highest BCUT2D eigenvalue weighted by atomic mass is 16.5. The molecular formula is C29H37N2O2+. The highest BCUT2D eigenvalue weighted by Crippen LogP contribution is 2.44. The molecule has 1 N–H and O–H groups in total. The largest absolute Gasteiger partial charge is 0.457 e. The number of quaternary nitrogens is 1. The number of nitrogens with one attached hydrogen (secondary N) is 1. The maximum atomic E-state index is 13.6. The lowest BCUT2D eigenvalue weighted by Gasteiger charge is -2.42. The number of hydrogen-bond acceptors (Lipinski definition) is 2. The van der Waals surface area contributed by atoms with Crippen LogP contribution in [0, 0.1) is 0 Å². The molecule has 2 aliphatic heterocycles. The third kappa shape index (κ3) is 5.01. The lowest BCUT2D eigenvalue weighted by molar-refractivity contribution is -0.910. The van der Waals surface area contributed by atoms with E-state index in [1.807, 2.05) is 48.5 Å². The number of para-hydroxylation sites is 2. The van der Waals surface area contributed by atoms with Crippen LogP contribution in [0.15, 0.2) is 60.2 Å². The molecule has 5 rings (SSSR count). The Labute approximate surface area is 198 Å². The lowest BCUT2D eigenvalue weighted by atomic mass is 9.86. The van der Waals surface area contributed by atoms with Crippen molar-refractivity contribution >= 4 is 5.91 Å². The normalized spacial score (nSPS) is 27.1. The Hall–Kier alpha value is -2.59. The van der Waals surface area contributed by atoms with Crippen molar-refractivity contribution in [2.75, 3.05) is 26.7 Å². The molecule has 174 valence electrons. The Bertz CT molecular complexity index is 974. The minimum Gasteiger partial charge on any atom is -0.457 e. The van der Waals surface area contributed by atoms with Gasteiger partial charge in [-0.05, 0) is 43.4 Å². The maximum absolute atomic E-state index is 13.6. The summed E-state index contributed by atoms with van der Waals surface area (Å²) in [5, 5.41) is 3.41. The topological polar surface area (TPSA) is 38.3 Å². The smallest absolute Gasteiger partial charge is 0.232 e. The van der Waals surface area contributed by atoms with Gasteiger partial charge in [-0.2, -0.15) is 0 Å². The summed E-state index contributed by atoms with van der Waals surface area (Å²) in [7, 11) is 2.41. The van der Waals surface area contributed by atoms with E-state index in [0.717, 1.165) is 53.0 Å². The maximum Gasteiger partial charge on any atom is 0.232 e. The number of amides is 1. The van der Waals surface area contributed by atoms with Gasteiger partial charge in [0.2, 0.25) is 5.91 Å². The predicted octanol–water partition coefficient (Wildman–Crippen LogP) is 5.93. The zero-order valence-electron chi connectivity index (χ0n) is 19.9. The molecule has 0 bridgehead atoms. The molecular weight excluding hydrogens is 408 g/mol. The van der Waals surface area contributed by atoms with Crippen LogP contribution in [0.2, 0.25) is 0 Å². The van der Waals surface area contributed by atoms with Gasteiger partial charge in [0.15, 0.2) is 0 Å². The molecule has 0 spiro atoms. The van der Waals surface area contributed by atoms with Crippen LogP contribution in [0.5, 0.6) is 11.5 Å². The van der Waals surface area contributed by atoms with Crippen molar-refractivity contribution < 1.29 is 14.0 Å². The Morgan fingerprint density at radius 2 is 1.58 bits per heavy atom. The van der Waals surface area contributed by atoms with Gasteiger partial charge in [0.05, 0.1) is 26.1 Å². The van der Waals surface area contributed by atoms with Crippen LogP contribution in [0.3, 0.4) is 0 Å². The summed E-state index contributed by atoms with van der Waals surface area (Å²) >= 11 is 0. The first-order valence-electron chi connectivity index (χ1n) is 12.8. The minimum atomic E-state index is -0.311. The van der Waals surface area contributed by atoms with E-state index in [0.29, 0.717) is 0 Å². The predicted molar refractivity (Wildman–Crippen MR) is 133 cm³/mol. The number of piperidine rings is 1. The molecule has 0 aromatic heterocycles. The SMILES string of the molecule is C[N+]1(C/C2=C/CCCCCC2)CCC(NC(=O)C2c3ccccc3Oc3ccccc32)CC1. The summed E-state index contributed by atoms with van der Waals surface area (Å²) in [6.07, 6.45) is 12.6. The van der Waals surface area contributed by atoms with Gasteiger partial charge in [0.1, 0.15) is 18.0 Å². The molecule has 1 amide bonds. The fourth-order valence-electron chi connectivity index (χ4n) is 5.86. The molecule has 4 heteroatoms. The number of rotatable bonds is 4. The van der Waals surface area contributed by atoms with Crippen molar-refractivity contribution in [3.63, 3.8) is 0 Å². The zero-order chi connectivity index (χ0) is 22.7. The van der Waals surface area contributed by atoms with Gasteiger partial charge in [-0.1, -0.05) is 55.3 Å². The van der Waals surface area contributed by atoms with E-state index in [9.17, 15) is 4.79 Å². The van der Waals surface area contributed by atoms with Crippen LogP contribution in [-0.4, -0.2) is 43.1 Å². The first kappa shape index (κ1) is 22.2. The number of nitrogens with zero attached hydrogens (tertiary/aromatic N) is 1. The lowest BCUT2D eigenvalue weighted by Crippen LogP contribution is -2.55. The van der Waals surface area contributed by atoms with E-state index in [-0.39, 0.29) is 17.9 Å². The molecule has 0 atom stereocenters. The molecule has 3 aliphatic rings. The van der Waals surface area contributed by atoms with Crippen molar-refractivity contribution in [2.45, 2.75) is 63.3 Å². The number of fused-ring (bicyclic) bond motifs is 2. The molecule has 33 heavy (non-hydrogen) atoms. The molecule has 4 nitrogen and oxygen atoms in total. The number of likely N-dealkylation sites (tertiary alicyclic amines) is 1. The third-order valence-corrected chi connectivity index (χ3v) is 7.79.